The number of hydrogen-bond donors (Lipinski definition) is 1. The second kappa shape index (κ2) is 5.62. The van der Waals surface area contributed by atoms with Gasteiger partial charge in [0.1, 0.15) is 5.82 Å². The van der Waals surface area contributed by atoms with Crippen LogP contribution >= 0.6 is 0 Å². The largest absolute Gasteiger partial charge is 0.344 e. The summed E-state index contributed by atoms with van der Waals surface area (Å²) in [5.74, 6) is 1.56. The van der Waals surface area contributed by atoms with Gasteiger partial charge >= 0.3 is 0 Å². The van der Waals surface area contributed by atoms with Gasteiger partial charge in [-0.3, -0.25) is 0 Å². The summed E-state index contributed by atoms with van der Waals surface area (Å²) >= 11 is 0. The molecular weight excluding hydrogens is 303 g/mol. The molecule has 0 atom stereocenters. The molecule has 2 fully saturated rings. The van der Waals surface area contributed by atoms with Crippen molar-refractivity contribution in [3.63, 3.8) is 0 Å². The highest BCUT2D eigenvalue weighted by Gasteiger charge is 2.47. The average Bonchev–Trinajstić information content (AvgIpc) is 3.35. The standard InChI is InChI=1S/C22H29BN2/c1-15(16-6-7-16)25-20-11-17-8-9-19(10-18(17)12-24-20)23-13-21(2,3)22(4,5)14-23/h8-12,16H,1,6-7,13-14H2,2-5H3,(H,24,25). The lowest BCUT2D eigenvalue weighted by atomic mass is 9.42. The van der Waals surface area contributed by atoms with E-state index in [1.165, 1.54) is 41.7 Å². The summed E-state index contributed by atoms with van der Waals surface area (Å²) < 4.78 is 0. The van der Waals surface area contributed by atoms with Gasteiger partial charge in [0.25, 0.3) is 0 Å². The molecule has 0 radical (unpaired) electrons. The molecular formula is C22H29BN2. The number of fused-ring (bicyclic) bond motifs is 1. The molecule has 1 N–H and O–H groups in total. The maximum Gasteiger partial charge on any atom is 0.177 e. The topological polar surface area (TPSA) is 24.9 Å². The minimum absolute atomic E-state index is 0.391. The van der Waals surface area contributed by atoms with Gasteiger partial charge in [-0.1, -0.05) is 70.6 Å². The first-order chi connectivity index (χ1) is 11.7. The lowest BCUT2D eigenvalue weighted by molar-refractivity contribution is 0.177. The van der Waals surface area contributed by atoms with Crippen LogP contribution < -0.4 is 10.8 Å². The molecule has 0 amide bonds. The second-order valence-electron chi connectivity index (χ2n) is 9.47. The minimum atomic E-state index is 0.391. The van der Waals surface area contributed by atoms with Gasteiger partial charge in [-0.05, 0) is 46.4 Å². The summed E-state index contributed by atoms with van der Waals surface area (Å²) in [5.41, 5.74) is 3.36. The van der Waals surface area contributed by atoms with Gasteiger partial charge in [0.05, 0.1) is 0 Å². The predicted molar refractivity (Wildman–Crippen MR) is 110 cm³/mol. The molecule has 1 aromatic heterocycles. The fourth-order valence-corrected chi connectivity index (χ4v) is 4.27. The van der Waals surface area contributed by atoms with Crippen LogP contribution in [-0.2, 0) is 0 Å². The monoisotopic (exact) mass is 332 g/mol. The van der Waals surface area contributed by atoms with Crippen LogP contribution in [0, 0.1) is 16.7 Å². The molecule has 1 aliphatic carbocycles. The van der Waals surface area contributed by atoms with E-state index in [2.05, 4.69) is 68.8 Å². The van der Waals surface area contributed by atoms with Crippen molar-refractivity contribution < 1.29 is 0 Å². The van der Waals surface area contributed by atoms with Crippen LogP contribution in [-0.4, -0.2) is 11.7 Å². The number of aromatic nitrogens is 1. The highest BCUT2D eigenvalue weighted by atomic mass is 15.0. The molecule has 2 aliphatic rings. The van der Waals surface area contributed by atoms with E-state index in [-0.39, 0.29) is 0 Å². The summed E-state index contributed by atoms with van der Waals surface area (Å²) in [6.45, 7) is 14.5. The van der Waals surface area contributed by atoms with E-state index in [1.54, 1.807) is 0 Å². The van der Waals surface area contributed by atoms with E-state index in [9.17, 15) is 0 Å². The maximum atomic E-state index is 4.61. The van der Waals surface area contributed by atoms with Crippen LogP contribution in [0.5, 0.6) is 0 Å². The molecule has 25 heavy (non-hydrogen) atoms. The summed E-state index contributed by atoms with van der Waals surface area (Å²) in [5, 5.41) is 5.87. The number of nitrogens with zero attached hydrogens (tertiary/aromatic N) is 1. The molecule has 1 aromatic carbocycles. The smallest absolute Gasteiger partial charge is 0.177 e. The van der Waals surface area contributed by atoms with Crippen molar-refractivity contribution in [3.05, 3.63) is 42.7 Å². The van der Waals surface area contributed by atoms with E-state index in [4.69, 9.17) is 0 Å². The zero-order valence-corrected chi connectivity index (χ0v) is 16.0. The third-order valence-electron chi connectivity index (χ3n) is 6.92. The second-order valence-corrected chi connectivity index (χ2v) is 9.47. The Morgan fingerprint density at radius 3 is 2.40 bits per heavy atom. The molecule has 1 aliphatic heterocycles. The Morgan fingerprint density at radius 1 is 1.08 bits per heavy atom. The van der Waals surface area contributed by atoms with Gasteiger partial charge in [0.15, 0.2) is 6.71 Å². The van der Waals surface area contributed by atoms with E-state index in [0.717, 1.165) is 11.5 Å². The van der Waals surface area contributed by atoms with E-state index in [1.807, 2.05) is 6.20 Å². The van der Waals surface area contributed by atoms with Gasteiger partial charge in [0, 0.05) is 11.9 Å². The number of hydrogen-bond acceptors (Lipinski definition) is 2. The fourth-order valence-electron chi connectivity index (χ4n) is 4.27. The van der Waals surface area contributed by atoms with Crippen LogP contribution in [0.3, 0.4) is 0 Å². The van der Waals surface area contributed by atoms with Crippen LogP contribution in [0.2, 0.25) is 12.6 Å². The number of rotatable bonds is 4. The first kappa shape index (κ1) is 16.7. The summed E-state index contributed by atoms with van der Waals surface area (Å²) in [6.07, 6.45) is 7.06. The number of benzene rings is 1. The van der Waals surface area contributed by atoms with Crippen LogP contribution in [0.1, 0.15) is 40.5 Å². The molecule has 130 valence electrons. The van der Waals surface area contributed by atoms with E-state index < -0.39 is 0 Å². The predicted octanol–water partition coefficient (Wildman–Crippen LogP) is 5.34. The Bertz CT molecular complexity index is 817. The third kappa shape index (κ3) is 3.10. The number of pyridine rings is 1. The molecule has 1 saturated carbocycles. The zero-order valence-electron chi connectivity index (χ0n) is 16.0. The Kier molecular flexibility index (Phi) is 3.75. The van der Waals surface area contributed by atoms with Crippen molar-refractivity contribution in [2.45, 2.75) is 53.2 Å². The molecule has 4 rings (SSSR count). The average molecular weight is 332 g/mol. The van der Waals surface area contributed by atoms with Gasteiger partial charge in [-0.2, -0.15) is 0 Å². The van der Waals surface area contributed by atoms with Crippen molar-refractivity contribution in [1.82, 2.24) is 4.98 Å². The Labute approximate surface area is 152 Å². The Morgan fingerprint density at radius 2 is 1.76 bits per heavy atom. The Balaban J connectivity index is 1.58. The quantitative estimate of drug-likeness (QED) is 0.765. The number of allylic oxidation sites excluding steroid dienone is 1. The van der Waals surface area contributed by atoms with Crippen LogP contribution in [0.15, 0.2) is 42.7 Å². The SMILES string of the molecule is C=C(Nc1cc2ccc(B3CC(C)(C)C(C)(C)C3)cc2cn1)C1CC1. The summed E-state index contributed by atoms with van der Waals surface area (Å²) in [6, 6.07) is 9.08. The lowest BCUT2D eigenvalue weighted by Gasteiger charge is -2.35. The fraction of sp³-hybridized carbons (Fsp3) is 0.500. The third-order valence-corrected chi connectivity index (χ3v) is 6.92. The highest BCUT2D eigenvalue weighted by molar-refractivity contribution is 6.74. The molecule has 3 heteroatoms. The van der Waals surface area contributed by atoms with Gasteiger partial charge in [-0.25, -0.2) is 4.98 Å². The van der Waals surface area contributed by atoms with Crippen molar-refractivity contribution in [1.29, 1.82) is 0 Å². The molecule has 2 heterocycles. The first-order valence-electron chi connectivity index (χ1n) is 9.61. The molecule has 0 unspecified atom stereocenters. The van der Waals surface area contributed by atoms with Crippen molar-refractivity contribution in [3.8, 4) is 0 Å². The van der Waals surface area contributed by atoms with E-state index >= 15 is 0 Å². The van der Waals surface area contributed by atoms with Crippen molar-refractivity contribution in [2.24, 2.45) is 16.7 Å². The van der Waals surface area contributed by atoms with Crippen molar-refractivity contribution >= 4 is 28.8 Å². The maximum absolute atomic E-state index is 4.61. The minimum Gasteiger partial charge on any atom is -0.344 e. The normalized spacial score (nSPS) is 21.5. The van der Waals surface area contributed by atoms with Crippen LogP contribution in [0.4, 0.5) is 5.82 Å². The highest BCUT2D eigenvalue weighted by Crippen LogP contribution is 2.52. The lowest BCUT2D eigenvalue weighted by Crippen LogP contribution is -2.27. The molecule has 1 saturated heterocycles. The van der Waals surface area contributed by atoms with Gasteiger partial charge in [-0.15, -0.1) is 0 Å². The molecule has 0 bridgehead atoms. The van der Waals surface area contributed by atoms with Crippen LogP contribution in [0.25, 0.3) is 10.8 Å². The van der Waals surface area contributed by atoms with Crippen molar-refractivity contribution in [2.75, 3.05) is 5.32 Å². The van der Waals surface area contributed by atoms with E-state index in [0.29, 0.717) is 23.5 Å². The van der Waals surface area contributed by atoms with Gasteiger partial charge < -0.3 is 5.32 Å². The van der Waals surface area contributed by atoms with Gasteiger partial charge in [0.2, 0.25) is 0 Å². The number of anilines is 1. The zero-order chi connectivity index (χ0) is 17.8. The number of nitrogens with one attached hydrogen (secondary N) is 1. The molecule has 2 aromatic rings. The molecule has 0 spiro atoms. The first-order valence-corrected chi connectivity index (χ1v) is 9.61. The summed E-state index contributed by atoms with van der Waals surface area (Å²) in [7, 11) is 0. The Hall–Kier alpha value is -1.77. The summed E-state index contributed by atoms with van der Waals surface area (Å²) in [4.78, 5) is 4.61. The molecule has 2 nitrogen and oxygen atoms in total.